The predicted molar refractivity (Wildman–Crippen MR) is 54.3 cm³/mol. The number of hydrogen-bond acceptors (Lipinski definition) is 1. The third-order valence-corrected chi connectivity index (χ3v) is 2.98. The Kier molecular flexibility index (Phi) is 4.02. The zero-order chi connectivity index (χ0) is 14.3. The lowest BCUT2D eigenvalue weighted by Crippen LogP contribution is -2.14. The summed E-state index contributed by atoms with van der Waals surface area (Å²) in [6.07, 6.45) is -10.1. The minimum atomic E-state index is -5.04. The van der Waals surface area contributed by atoms with Crippen molar-refractivity contribution in [2.75, 3.05) is 0 Å². The van der Waals surface area contributed by atoms with Gasteiger partial charge in [-0.3, -0.25) is 4.79 Å². The second-order valence-electron chi connectivity index (χ2n) is 3.15. The average Bonchev–Trinajstić information content (AvgIpc) is 2.13. The Bertz CT molecular complexity index is 458. The lowest BCUT2D eigenvalue weighted by atomic mass is 10.1. The first-order valence-electron chi connectivity index (χ1n) is 4.12. The molecular weight excluding hydrogens is 353 g/mol. The van der Waals surface area contributed by atoms with Crippen molar-refractivity contribution >= 4 is 32.8 Å². The standard InChI is InChI=1S/C9H2BrClF6O/c10-6-4(8(12,13)14)1-3(7(11)18)2-5(6)9(15,16)17/h1-2H. The molecule has 0 aliphatic rings. The van der Waals surface area contributed by atoms with Gasteiger partial charge in [0.25, 0.3) is 5.24 Å². The van der Waals surface area contributed by atoms with E-state index < -0.39 is 38.8 Å². The highest BCUT2D eigenvalue weighted by Crippen LogP contribution is 2.43. The molecule has 0 fully saturated rings. The summed E-state index contributed by atoms with van der Waals surface area (Å²) < 4.78 is 73.9. The van der Waals surface area contributed by atoms with E-state index >= 15 is 0 Å². The minimum absolute atomic E-state index is 0.259. The van der Waals surface area contributed by atoms with Gasteiger partial charge in [0.15, 0.2) is 0 Å². The molecule has 0 unspecified atom stereocenters. The van der Waals surface area contributed by atoms with Crippen LogP contribution >= 0.6 is 27.5 Å². The third kappa shape index (κ3) is 3.17. The van der Waals surface area contributed by atoms with Crippen LogP contribution in [0.25, 0.3) is 0 Å². The summed E-state index contributed by atoms with van der Waals surface area (Å²) in [4.78, 5) is 10.7. The van der Waals surface area contributed by atoms with Crippen molar-refractivity contribution in [1.82, 2.24) is 0 Å². The SMILES string of the molecule is O=C(Cl)c1cc(C(F)(F)F)c(Br)c(C(F)(F)F)c1. The molecule has 1 aromatic rings. The zero-order valence-electron chi connectivity index (χ0n) is 8.09. The maximum absolute atomic E-state index is 12.5. The van der Waals surface area contributed by atoms with Gasteiger partial charge in [-0.1, -0.05) is 0 Å². The Hall–Kier alpha value is -0.760. The van der Waals surface area contributed by atoms with Crippen LogP contribution in [-0.2, 0) is 12.4 Å². The first kappa shape index (κ1) is 15.3. The van der Waals surface area contributed by atoms with E-state index in [0.717, 1.165) is 0 Å². The van der Waals surface area contributed by atoms with E-state index in [1.807, 2.05) is 0 Å². The predicted octanol–water partition coefficient (Wildman–Crippen LogP) is 4.87. The van der Waals surface area contributed by atoms with Crippen LogP contribution in [0.4, 0.5) is 26.3 Å². The van der Waals surface area contributed by atoms with Gasteiger partial charge in [-0.15, -0.1) is 0 Å². The Morgan fingerprint density at radius 3 is 1.56 bits per heavy atom. The molecule has 0 aromatic heterocycles. The van der Waals surface area contributed by atoms with Gasteiger partial charge >= 0.3 is 12.4 Å². The zero-order valence-corrected chi connectivity index (χ0v) is 10.4. The highest BCUT2D eigenvalue weighted by molar-refractivity contribution is 9.10. The molecule has 1 aromatic carbocycles. The fourth-order valence-corrected chi connectivity index (χ4v) is 1.94. The molecule has 0 saturated carbocycles. The largest absolute Gasteiger partial charge is 0.417 e. The molecule has 0 amide bonds. The van der Waals surface area contributed by atoms with Gasteiger partial charge in [-0.2, -0.15) is 26.3 Å². The van der Waals surface area contributed by atoms with E-state index in [4.69, 9.17) is 11.6 Å². The van der Waals surface area contributed by atoms with Gasteiger partial charge in [0.05, 0.1) is 11.1 Å². The van der Waals surface area contributed by atoms with Crippen LogP contribution in [0.3, 0.4) is 0 Å². The molecule has 100 valence electrons. The topological polar surface area (TPSA) is 17.1 Å². The van der Waals surface area contributed by atoms with Gasteiger partial charge in [-0.25, -0.2) is 0 Å². The van der Waals surface area contributed by atoms with Crippen LogP contribution in [0.15, 0.2) is 16.6 Å². The number of carbonyl (C=O) groups is 1. The van der Waals surface area contributed by atoms with Crippen LogP contribution in [0.2, 0.25) is 0 Å². The fourth-order valence-electron chi connectivity index (χ4n) is 1.15. The van der Waals surface area contributed by atoms with Gasteiger partial charge in [0, 0.05) is 10.0 Å². The number of hydrogen-bond donors (Lipinski definition) is 0. The Morgan fingerprint density at radius 1 is 1.00 bits per heavy atom. The summed E-state index contributed by atoms with van der Waals surface area (Å²) >= 11 is 7.15. The molecule has 9 heteroatoms. The van der Waals surface area contributed by atoms with Crippen LogP contribution in [0.1, 0.15) is 21.5 Å². The third-order valence-electron chi connectivity index (χ3n) is 1.91. The molecular formula is C9H2BrClF6O. The lowest BCUT2D eigenvalue weighted by molar-refractivity contribution is -0.144. The van der Waals surface area contributed by atoms with Crippen molar-refractivity contribution in [3.8, 4) is 0 Å². The smallest absolute Gasteiger partial charge is 0.276 e. The van der Waals surface area contributed by atoms with Crippen LogP contribution in [0.5, 0.6) is 0 Å². The lowest BCUT2D eigenvalue weighted by Gasteiger charge is -2.16. The van der Waals surface area contributed by atoms with Crippen molar-refractivity contribution in [2.45, 2.75) is 12.4 Å². The van der Waals surface area contributed by atoms with E-state index in [2.05, 4.69) is 15.9 Å². The van der Waals surface area contributed by atoms with Crippen molar-refractivity contribution in [1.29, 1.82) is 0 Å². The van der Waals surface area contributed by atoms with E-state index in [0.29, 0.717) is 0 Å². The summed E-state index contributed by atoms with van der Waals surface area (Å²) in [6.45, 7) is 0. The quantitative estimate of drug-likeness (QED) is 0.519. The summed E-state index contributed by atoms with van der Waals surface area (Å²) in [5.74, 6) is 0. The average molecular weight is 355 g/mol. The monoisotopic (exact) mass is 354 g/mol. The number of benzene rings is 1. The second-order valence-corrected chi connectivity index (χ2v) is 4.29. The molecule has 0 aliphatic carbocycles. The molecule has 18 heavy (non-hydrogen) atoms. The van der Waals surface area contributed by atoms with Crippen molar-refractivity contribution in [3.63, 3.8) is 0 Å². The van der Waals surface area contributed by atoms with Crippen molar-refractivity contribution < 1.29 is 31.1 Å². The highest BCUT2D eigenvalue weighted by atomic mass is 79.9. The summed E-state index contributed by atoms with van der Waals surface area (Å²) in [6, 6.07) is 0.517. The maximum Gasteiger partial charge on any atom is 0.417 e. The molecule has 0 radical (unpaired) electrons. The van der Waals surface area contributed by atoms with E-state index in [1.54, 1.807) is 0 Å². The van der Waals surface area contributed by atoms with Gasteiger partial charge in [0.2, 0.25) is 0 Å². The summed E-state index contributed by atoms with van der Waals surface area (Å²) in [5, 5.41) is -1.40. The number of alkyl halides is 6. The first-order valence-corrected chi connectivity index (χ1v) is 5.29. The Balaban J connectivity index is 3.64. The summed E-state index contributed by atoms with van der Waals surface area (Å²) in [7, 11) is 0. The number of rotatable bonds is 1. The van der Waals surface area contributed by atoms with Gasteiger partial charge < -0.3 is 0 Å². The molecule has 0 aliphatic heterocycles. The van der Waals surface area contributed by atoms with Gasteiger partial charge in [0.1, 0.15) is 0 Å². The molecule has 0 bridgehead atoms. The van der Waals surface area contributed by atoms with E-state index in [9.17, 15) is 31.1 Å². The number of carbonyl (C=O) groups excluding carboxylic acids is 1. The molecule has 0 heterocycles. The Morgan fingerprint density at radius 2 is 1.33 bits per heavy atom. The van der Waals surface area contributed by atoms with Crippen LogP contribution in [-0.4, -0.2) is 5.24 Å². The molecule has 0 saturated heterocycles. The minimum Gasteiger partial charge on any atom is -0.276 e. The maximum atomic E-state index is 12.5. The van der Waals surface area contributed by atoms with E-state index in [1.165, 1.54) is 0 Å². The molecule has 1 nitrogen and oxygen atoms in total. The number of halogens is 8. The van der Waals surface area contributed by atoms with Gasteiger partial charge in [-0.05, 0) is 39.7 Å². The summed E-state index contributed by atoms with van der Waals surface area (Å²) in [5.41, 5.74) is -4.10. The van der Waals surface area contributed by atoms with Crippen molar-refractivity contribution in [3.05, 3.63) is 33.3 Å². The van der Waals surface area contributed by atoms with Crippen LogP contribution in [0, 0.1) is 0 Å². The molecule has 0 N–H and O–H groups in total. The first-order chi connectivity index (χ1) is 7.94. The highest BCUT2D eigenvalue weighted by Gasteiger charge is 2.41. The normalized spacial score (nSPS) is 12.7. The molecule has 1 rings (SSSR count). The molecule has 0 spiro atoms. The Labute approximate surface area is 110 Å². The second kappa shape index (κ2) is 4.73. The molecule has 0 atom stereocenters. The fraction of sp³-hybridized carbons (Fsp3) is 0.222. The van der Waals surface area contributed by atoms with Crippen molar-refractivity contribution in [2.24, 2.45) is 0 Å². The van der Waals surface area contributed by atoms with Crippen LogP contribution < -0.4 is 0 Å². The van der Waals surface area contributed by atoms with E-state index in [-0.39, 0.29) is 12.1 Å².